The van der Waals surface area contributed by atoms with Crippen LogP contribution in [-0.2, 0) is 19.5 Å². The molecule has 0 heterocycles. The lowest BCUT2D eigenvalue weighted by Gasteiger charge is -2.13. The molecular weight excluding hydrogens is 318 g/mol. The second kappa shape index (κ2) is 9.08. The number of carbonyl (C=O) groups excluding carboxylic acids is 1. The molecule has 24 heavy (non-hydrogen) atoms. The molecule has 2 aromatic carbocycles. The minimum Gasteiger partial charge on any atom is -0.463 e. The maximum absolute atomic E-state index is 11.1. The second-order valence-electron chi connectivity index (χ2n) is 4.83. The van der Waals surface area contributed by atoms with E-state index < -0.39 is 12.6 Å². The van der Waals surface area contributed by atoms with Crippen molar-refractivity contribution in [3.05, 3.63) is 59.7 Å². The summed E-state index contributed by atoms with van der Waals surface area (Å²) in [7, 11) is 0. The normalized spacial score (nSPS) is 12.0. The van der Waals surface area contributed by atoms with Crippen molar-refractivity contribution in [2.24, 2.45) is 0 Å². The van der Waals surface area contributed by atoms with Crippen molar-refractivity contribution < 1.29 is 35.1 Å². The van der Waals surface area contributed by atoms with Crippen molar-refractivity contribution in [3.8, 4) is 11.1 Å². The first kappa shape index (κ1) is 18.0. The van der Waals surface area contributed by atoms with E-state index in [0.717, 1.165) is 0 Å². The highest BCUT2D eigenvalue weighted by molar-refractivity contribution is 5.79. The van der Waals surface area contributed by atoms with E-state index in [1.54, 1.807) is 0 Å². The summed E-state index contributed by atoms with van der Waals surface area (Å²) in [6.45, 7) is -0.302. The lowest BCUT2D eigenvalue weighted by Crippen LogP contribution is -2.14. The monoisotopic (exact) mass is 335 g/mol. The number of ether oxygens (including phenoxy) is 1. The van der Waals surface area contributed by atoms with Gasteiger partial charge in [0, 0.05) is 5.92 Å². The van der Waals surface area contributed by atoms with E-state index in [1.807, 2.05) is 24.3 Å². The molecule has 0 radical (unpaired) electrons. The van der Waals surface area contributed by atoms with Gasteiger partial charge >= 0.3 is 5.97 Å². The van der Waals surface area contributed by atoms with Crippen LogP contribution in [0.4, 0.5) is 0 Å². The van der Waals surface area contributed by atoms with Crippen LogP contribution < -0.4 is 5.64 Å². The number of benzene rings is 2. The number of carbonyl (C=O) groups is 1. The molecule has 0 spiro atoms. The fraction of sp³-hybridized carbons (Fsp3) is 0.188. The molecule has 0 unspecified atom stereocenters. The Labute approximate surface area is 137 Å². The van der Waals surface area contributed by atoms with Crippen LogP contribution in [0.25, 0.3) is 11.1 Å². The molecule has 0 saturated carbocycles. The summed E-state index contributed by atoms with van der Waals surface area (Å²) in [4.78, 5) is 17.1. The van der Waals surface area contributed by atoms with Crippen molar-refractivity contribution in [3.63, 3.8) is 0 Å². The van der Waals surface area contributed by atoms with E-state index in [0.29, 0.717) is 0 Å². The standard InChI is InChI=1S/C16H14O3.H3NO4/c17-9-16(18)19-10-15-13-7-3-1-5-11(13)12-6-2-4-8-14(12)15;2-4-1-5-3/h1-8,15,17H,9-10H2;1-3H. The largest absolute Gasteiger partial charge is 0.463 e. The van der Waals surface area contributed by atoms with Crippen molar-refractivity contribution in [2.45, 2.75) is 5.92 Å². The van der Waals surface area contributed by atoms with Crippen LogP contribution in [0.2, 0.25) is 0 Å². The molecule has 2 aromatic rings. The van der Waals surface area contributed by atoms with Gasteiger partial charge in [-0.2, -0.15) is 0 Å². The third kappa shape index (κ3) is 4.15. The van der Waals surface area contributed by atoms with Gasteiger partial charge in [-0.05, 0) is 27.9 Å². The first-order valence-corrected chi connectivity index (χ1v) is 7.03. The summed E-state index contributed by atoms with van der Waals surface area (Å²) in [6, 6.07) is 16.3. The Kier molecular flexibility index (Phi) is 6.82. The molecule has 8 heteroatoms. The van der Waals surface area contributed by atoms with Gasteiger partial charge < -0.3 is 9.84 Å². The maximum atomic E-state index is 11.1. The quantitative estimate of drug-likeness (QED) is 0.371. The number of hydrogen-bond acceptors (Lipinski definition) is 8. The highest BCUT2D eigenvalue weighted by Crippen LogP contribution is 2.44. The molecular formula is C16H17NO7. The summed E-state index contributed by atoms with van der Waals surface area (Å²) in [5.41, 5.74) is 5.97. The zero-order valence-corrected chi connectivity index (χ0v) is 12.6. The number of rotatable bonds is 5. The highest BCUT2D eigenvalue weighted by Gasteiger charge is 2.28. The highest BCUT2D eigenvalue weighted by atomic mass is 17.3. The van der Waals surface area contributed by atoms with Crippen LogP contribution in [0.3, 0.4) is 0 Å². The van der Waals surface area contributed by atoms with Gasteiger partial charge in [0.2, 0.25) is 0 Å². The number of fused-ring (bicyclic) bond motifs is 3. The fourth-order valence-electron chi connectivity index (χ4n) is 2.68. The Balaban J connectivity index is 0.000000368. The third-order valence-corrected chi connectivity index (χ3v) is 3.58. The van der Waals surface area contributed by atoms with Crippen LogP contribution in [0, 0.1) is 0 Å². The Hall–Kier alpha value is -2.33. The number of hydrogen-bond donors (Lipinski definition) is 4. The lowest BCUT2D eigenvalue weighted by atomic mass is 9.98. The number of aliphatic hydroxyl groups excluding tert-OH is 1. The summed E-state index contributed by atoms with van der Waals surface area (Å²) in [6.07, 6.45) is 0. The Morgan fingerprint density at radius 1 is 0.958 bits per heavy atom. The average molecular weight is 335 g/mol. The van der Waals surface area contributed by atoms with E-state index in [-0.39, 0.29) is 12.5 Å². The molecule has 0 bridgehead atoms. The zero-order valence-electron chi connectivity index (χ0n) is 12.6. The molecule has 1 aliphatic carbocycles. The molecule has 0 saturated heterocycles. The molecule has 0 fully saturated rings. The van der Waals surface area contributed by atoms with E-state index in [9.17, 15) is 4.79 Å². The second-order valence-corrected chi connectivity index (χ2v) is 4.83. The minimum atomic E-state index is -0.582. The Morgan fingerprint density at radius 2 is 1.46 bits per heavy atom. The van der Waals surface area contributed by atoms with Crippen LogP contribution in [0.5, 0.6) is 0 Å². The van der Waals surface area contributed by atoms with E-state index in [1.165, 1.54) is 27.9 Å². The Morgan fingerprint density at radius 3 is 1.88 bits per heavy atom. The molecule has 128 valence electrons. The smallest absolute Gasteiger partial charge is 0.331 e. The van der Waals surface area contributed by atoms with Gasteiger partial charge in [0.25, 0.3) is 0 Å². The summed E-state index contributed by atoms with van der Waals surface area (Å²) < 4.78 is 5.10. The summed E-state index contributed by atoms with van der Waals surface area (Å²) >= 11 is 0. The van der Waals surface area contributed by atoms with Gasteiger partial charge in [-0.1, -0.05) is 48.5 Å². The first-order valence-electron chi connectivity index (χ1n) is 7.03. The summed E-state index contributed by atoms with van der Waals surface area (Å²) in [5, 5.41) is 23.1. The number of esters is 1. The van der Waals surface area contributed by atoms with Gasteiger partial charge in [0.05, 0.1) is 0 Å². The molecule has 0 aromatic heterocycles. The SMILES string of the molecule is O=C(CO)OCC1c2ccccc2-c2ccccc21.OONOO. The predicted molar refractivity (Wildman–Crippen MR) is 82.3 cm³/mol. The zero-order chi connectivity index (χ0) is 17.4. The van der Waals surface area contributed by atoms with Gasteiger partial charge in [-0.25, -0.2) is 15.3 Å². The van der Waals surface area contributed by atoms with Gasteiger partial charge in [0.1, 0.15) is 13.2 Å². The average Bonchev–Trinajstić information content (AvgIpc) is 2.95. The minimum absolute atomic E-state index is 0.0582. The molecule has 0 atom stereocenters. The van der Waals surface area contributed by atoms with Gasteiger partial charge in [-0.3, -0.25) is 0 Å². The van der Waals surface area contributed by atoms with Crippen LogP contribution in [0.1, 0.15) is 17.0 Å². The third-order valence-electron chi connectivity index (χ3n) is 3.58. The van der Waals surface area contributed by atoms with Crippen molar-refractivity contribution in [2.75, 3.05) is 13.2 Å². The molecule has 8 nitrogen and oxygen atoms in total. The molecule has 3 rings (SSSR count). The fourth-order valence-corrected chi connectivity index (χ4v) is 2.68. The van der Waals surface area contributed by atoms with Crippen LogP contribution in [-0.4, -0.2) is 34.8 Å². The van der Waals surface area contributed by atoms with Crippen LogP contribution in [0.15, 0.2) is 48.5 Å². The Bertz CT molecular complexity index is 629. The van der Waals surface area contributed by atoms with Crippen molar-refractivity contribution in [1.29, 1.82) is 0 Å². The predicted octanol–water partition coefficient (Wildman–Crippen LogP) is 1.72. The summed E-state index contributed by atoms with van der Waals surface area (Å²) in [5.74, 6) is -0.523. The topological polar surface area (TPSA) is 117 Å². The van der Waals surface area contributed by atoms with E-state index in [4.69, 9.17) is 20.4 Å². The van der Waals surface area contributed by atoms with Crippen molar-refractivity contribution >= 4 is 5.97 Å². The van der Waals surface area contributed by atoms with Gasteiger partial charge in [0.15, 0.2) is 0 Å². The van der Waals surface area contributed by atoms with E-state index >= 15 is 0 Å². The van der Waals surface area contributed by atoms with E-state index in [2.05, 4.69) is 34.2 Å². The first-order chi connectivity index (χ1) is 11.7. The number of aliphatic hydroxyl groups is 1. The van der Waals surface area contributed by atoms with Crippen molar-refractivity contribution in [1.82, 2.24) is 5.64 Å². The van der Waals surface area contributed by atoms with Crippen LogP contribution >= 0.6 is 0 Å². The molecule has 0 amide bonds. The molecule has 0 aliphatic heterocycles. The van der Waals surface area contributed by atoms with Gasteiger partial charge in [-0.15, -0.1) is 9.98 Å². The molecule has 1 aliphatic rings. The molecule has 4 N–H and O–H groups in total. The number of nitrogens with one attached hydrogen (secondary N) is 1. The lowest BCUT2D eigenvalue weighted by molar-refractivity contribution is -0.456. The maximum Gasteiger partial charge on any atom is 0.331 e.